The summed E-state index contributed by atoms with van der Waals surface area (Å²) in [4.78, 5) is 65.0. The van der Waals surface area contributed by atoms with Crippen LogP contribution in [-0.4, -0.2) is 69.3 Å². The van der Waals surface area contributed by atoms with Gasteiger partial charge >= 0.3 is 23.9 Å². The molecule has 10 nitrogen and oxygen atoms in total. The molecule has 172 valence electrons. The van der Waals surface area contributed by atoms with Gasteiger partial charge in [0.15, 0.2) is 5.78 Å². The van der Waals surface area contributed by atoms with Crippen LogP contribution >= 0.6 is 0 Å². The largest absolute Gasteiger partial charge is 0.469 e. The van der Waals surface area contributed by atoms with E-state index in [1.165, 1.54) is 0 Å². The molecule has 0 aliphatic heterocycles. The molecule has 0 heterocycles. The number of methoxy groups -OCH3 is 4. The lowest BCUT2D eigenvalue weighted by molar-refractivity contribution is -0.168. The molecule has 2 aliphatic carbocycles. The highest BCUT2D eigenvalue weighted by molar-refractivity contribution is 6.11. The molecule has 1 aromatic carbocycles. The average Bonchev–Trinajstić information content (AvgIpc) is 2.98. The third-order valence-electron chi connectivity index (χ3n) is 6.41. The lowest BCUT2D eigenvalue weighted by Crippen LogP contribution is -2.53. The number of hydrogen-bond donors (Lipinski definition) is 1. The van der Waals surface area contributed by atoms with Gasteiger partial charge in [-0.05, 0) is 11.1 Å². The van der Waals surface area contributed by atoms with Crippen LogP contribution in [0, 0.1) is 23.7 Å². The zero-order valence-corrected chi connectivity index (χ0v) is 18.0. The number of aliphatic hydroxyl groups excluding tert-OH is 1. The molecule has 10 heteroatoms. The standard InChI is InChI=1S/C22H24O10/c1-29-19(25)13-11-9-7-5-6-8-10(9)12(15(17(13)23)21(27)31-3)16(22(28)32-4)18(24)14(11)20(26)30-2/h5-8,11-17,23H,1-4H3/t11-,12-,13-,14-,15-,16+,17?/m0/s1. The third-order valence-corrected chi connectivity index (χ3v) is 6.41. The van der Waals surface area contributed by atoms with E-state index in [2.05, 4.69) is 0 Å². The van der Waals surface area contributed by atoms with Gasteiger partial charge < -0.3 is 24.1 Å². The molecule has 1 N–H and O–H groups in total. The molecule has 3 rings (SSSR count). The SMILES string of the molecule is COC(=O)[C@@H]1C(=O)[C@H](C(=O)OC)[C@H]2c3ccccc3[C@H]1[C@H](C(=O)OC)C(O)[C@H]2C(=O)OC. The van der Waals surface area contributed by atoms with Crippen molar-refractivity contribution < 1.29 is 48.0 Å². The highest BCUT2D eigenvalue weighted by Gasteiger charge is 2.62. The molecule has 0 amide bonds. The van der Waals surface area contributed by atoms with E-state index in [0.717, 1.165) is 28.4 Å². The van der Waals surface area contributed by atoms with Crippen molar-refractivity contribution in [3.63, 3.8) is 0 Å². The van der Waals surface area contributed by atoms with Crippen molar-refractivity contribution in [1.82, 2.24) is 0 Å². The predicted molar refractivity (Wildman–Crippen MR) is 105 cm³/mol. The Morgan fingerprint density at radius 3 is 1.34 bits per heavy atom. The summed E-state index contributed by atoms with van der Waals surface area (Å²) in [6, 6.07) is 6.41. The Morgan fingerprint density at radius 1 is 0.688 bits per heavy atom. The highest BCUT2D eigenvalue weighted by atomic mass is 16.5. The Morgan fingerprint density at radius 2 is 1.03 bits per heavy atom. The Balaban J connectivity index is 2.45. The summed E-state index contributed by atoms with van der Waals surface area (Å²) in [6.07, 6.45) is -1.73. The number of aliphatic hydroxyl groups is 1. The molecule has 2 aliphatic rings. The minimum atomic E-state index is -1.73. The van der Waals surface area contributed by atoms with Crippen LogP contribution in [0.5, 0.6) is 0 Å². The molecule has 32 heavy (non-hydrogen) atoms. The summed E-state index contributed by atoms with van der Waals surface area (Å²) < 4.78 is 19.4. The first-order valence-electron chi connectivity index (χ1n) is 9.87. The lowest BCUT2D eigenvalue weighted by Gasteiger charge is -2.38. The maximum Gasteiger partial charge on any atom is 0.316 e. The van der Waals surface area contributed by atoms with Gasteiger partial charge in [0.2, 0.25) is 0 Å². The molecule has 0 saturated heterocycles. The minimum absolute atomic E-state index is 0.355. The Hall–Kier alpha value is -3.27. The second kappa shape index (κ2) is 9.07. The monoisotopic (exact) mass is 448 g/mol. The number of esters is 4. The molecular formula is C22H24O10. The van der Waals surface area contributed by atoms with Crippen LogP contribution in [0.25, 0.3) is 0 Å². The van der Waals surface area contributed by atoms with Crippen LogP contribution in [0.2, 0.25) is 0 Å². The van der Waals surface area contributed by atoms with E-state index in [0.29, 0.717) is 11.1 Å². The van der Waals surface area contributed by atoms with Gasteiger partial charge in [-0.15, -0.1) is 0 Å². The van der Waals surface area contributed by atoms with Gasteiger partial charge in [-0.2, -0.15) is 0 Å². The van der Waals surface area contributed by atoms with Crippen LogP contribution < -0.4 is 0 Å². The van der Waals surface area contributed by atoms with Crippen LogP contribution in [0.1, 0.15) is 23.0 Å². The van der Waals surface area contributed by atoms with Crippen molar-refractivity contribution in [3.8, 4) is 0 Å². The van der Waals surface area contributed by atoms with Crippen molar-refractivity contribution in [1.29, 1.82) is 0 Å². The van der Waals surface area contributed by atoms with Gasteiger partial charge in [-0.25, -0.2) is 0 Å². The normalized spacial score (nSPS) is 30.9. The van der Waals surface area contributed by atoms with Crippen molar-refractivity contribution >= 4 is 29.7 Å². The van der Waals surface area contributed by atoms with Crippen LogP contribution in [0.15, 0.2) is 24.3 Å². The van der Waals surface area contributed by atoms with Crippen molar-refractivity contribution in [2.75, 3.05) is 28.4 Å². The Labute approximate surface area is 183 Å². The maximum absolute atomic E-state index is 13.7. The molecule has 0 aromatic heterocycles. The van der Waals surface area contributed by atoms with E-state index in [9.17, 15) is 29.1 Å². The quantitative estimate of drug-likeness (QED) is 0.379. The third kappa shape index (κ3) is 3.44. The van der Waals surface area contributed by atoms with Crippen molar-refractivity contribution in [2.24, 2.45) is 23.7 Å². The first-order chi connectivity index (χ1) is 15.2. The second-order valence-corrected chi connectivity index (χ2v) is 7.67. The van der Waals surface area contributed by atoms with Gasteiger partial charge in [0.25, 0.3) is 0 Å². The van der Waals surface area contributed by atoms with Gasteiger partial charge in [0, 0.05) is 11.8 Å². The van der Waals surface area contributed by atoms with E-state index in [1.807, 2.05) is 0 Å². The van der Waals surface area contributed by atoms with Gasteiger partial charge in [-0.3, -0.25) is 24.0 Å². The average molecular weight is 448 g/mol. The molecule has 1 aromatic rings. The van der Waals surface area contributed by atoms with E-state index in [4.69, 9.17) is 18.9 Å². The number of Topliss-reactive ketones (excluding diaryl/α,β-unsaturated/α-hetero) is 1. The minimum Gasteiger partial charge on any atom is -0.469 e. The van der Waals surface area contributed by atoms with E-state index in [-0.39, 0.29) is 0 Å². The molecule has 0 radical (unpaired) electrons. The zero-order valence-electron chi connectivity index (χ0n) is 18.0. The second-order valence-electron chi connectivity index (χ2n) is 7.67. The topological polar surface area (TPSA) is 142 Å². The number of benzene rings is 1. The lowest BCUT2D eigenvalue weighted by atomic mass is 9.65. The summed E-state index contributed by atoms with van der Waals surface area (Å²) in [5, 5.41) is 11.3. The molecule has 0 saturated carbocycles. The summed E-state index contributed by atoms with van der Waals surface area (Å²) >= 11 is 0. The van der Waals surface area contributed by atoms with Crippen molar-refractivity contribution in [3.05, 3.63) is 35.4 Å². The number of ketones is 1. The maximum atomic E-state index is 13.7. The number of ether oxygens (including phenoxy) is 4. The number of carbonyl (C=O) groups is 5. The Kier molecular flexibility index (Phi) is 6.63. The molecular weight excluding hydrogens is 424 g/mol. The van der Waals surface area contributed by atoms with Crippen LogP contribution in [-0.2, 0) is 42.9 Å². The molecule has 1 unspecified atom stereocenters. The van der Waals surface area contributed by atoms with Gasteiger partial charge in [0.05, 0.1) is 46.4 Å². The summed E-state index contributed by atoms with van der Waals surface area (Å²) in [5.41, 5.74) is 0.710. The summed E-state index contributed by atoms with van der Waals surface area (Å²) in [7, 11) is 4.32. The van der Waals surface area contributed by atoms with E-state index < -0.39 is 71.3 Å². The van der Waals surface area contributed by atoms with Gasteiger partial charge in [-0.1, -0.05) is 24.3 Å². The van der Waals surface area contributed by atoms with Crippen LogP contribution in [0.4, 0.5) is 0 Å². The summed E-state index contributed by atoms with van der Waals surface area (Å²) in [6.45, 7) is 0. The first kappa shape index (κ1) is 23.4. The van der Waals surface area contributed by atoms with E-state index in [1.54, 1.807) is 24.3 Å². The van der Waals surface area contributed by atoms with Crippen molar-refractivity contribution in [2.45, 2.75) is 17.9 Å². The molecule has 7 atom stereocenters. The van der Waals surface area contributed by atoms with Gasteiger partial charge in [0.1, 0.15) is 11.8 Å². The number of carbonyl (C=O) groups excluding carboxylic acids is 5. The van der Waals surface area contributed by atoms with Crippen LogP contribution in [0.3, 0.4) is 0 Å². The molecule has 2 bridgehead atoms. The fourth-order valence-electron chi connectivity index (χ4n) is 5.10. The fraction of sp³-hybridized carbons (Fsp3) is 0.500. The number of rotatable bonds is 4. The molecule has 0 spiro atoms. The smallest absolute Gasteiger partial charge is 0.316 e. The number of hydrogen-bond acceptors (Lipinski definition) is 10. The van der Waals surface area contributed by atoms with E-state index >= 15 is 0 Å². The summed E-state index contributed by atoms with van der Waals surface area (Å²) in [5.74, 6) is -13.4. The zero-order chi connectivity index (χ0) is 23.7. The first-order valence-corrected chi connectivity index (χ1v) is 9.87. The fourth-order valence-corrected chi connectivity index (χ4v) is 5.10. The Bertz CT molecular complexity index is 881. The predicted octanol–water partition coefficient (Wildman–Crippen LogP) is -0.0322. The highest BCUT2D eigenvalue weighted by Crippen LogP contribution is 2.54. The molecule has 0 fully saturated rings.